The summed E-state index contributed by atoms with van der Waals surface area (Å²) in [7, 11) is 0. The summed E-state index contributed by atoms with van der Waals surface area (Å²) in [6, 6.07) is 7.78. The highest BCUT2D eigenvalue weighted by Gasteiger charge is 2.35. The second-order valence-corrected chi connectivity index (χ2v) is 7.89. The van der Waals surface area contributed by atoms with Crippen LogP contribution in [0.15, 0.2) is 36.4 Å². The first-order valence-electron chi connectivity index (χ1n) is 10.2. The molecule has 2 aromatic rings. The number of carbonyl (C=O) groups is 4. The maximum absolute atomic E-state index is 13.0. The molecule has 1 heterocycles. The van der Waals surface area contributed by atoms with Crippen molar-refractivity contribution in [2.24, 2.45) is 0 Å². The Morgan fingerprint density at radius 2 is 1.76 bits per heavy atom. The highest BCUT2D eigenvalue weighted by molar-refractivity contribution is 6.11. The monoisotopic (exact) mass is 477 g/mol. The molecule has 34 heavy (non-hydrogen) atoms. The van der Waals surface area contributed by atoms with Crippen LogP contribution in [0.25, 0.3) is 0 Å². The van der Waals surface area contributed by atoms with E-state index in [0.717, 1.165) is 34.2 Å². The number of nitrogens with one attached hydrogen (secondary N) is 2. The van der Waals surface area contributed by atoms with Crippen molar-refractivity contribution in [1.29, 1.82) is 0 Å². The molecule has 3 amide bonds. The quantitative estimate of drug-likeness (QED) is 0.645. The van der Waals surface area contributed by atoms with Gasteiger partial charge in [0.2, 0.25) is 5.91 Å². The minimum atomic E-state index is -4.63. The molecule has 0 saturated heterocycles. The topological polar surface area (TPSA) is 105 Å². The first-order valence-corrected chi connectivity index (χ1v) is 10.2. The van der Waals surface area contributed by atoms with Gasteiger partial charge in [0.25, 0.3) is 11.8 Å². The van der Waals surface area contributed by atoms with Gasteiger partial charge < -0.3 is 15.4 Å². The van der Waals surface area contributed by atoms with Crippen molar-refractivity contribution in [2.75, 3.05) is 23.3 Å². The van der Waals surface area contributed by atoms with Crippen molar-refractivity contribution in [2.45, 2.75) is 33.1 Å². The number of nitrogens with zero attached hydrogens (tertiary/aromatic N) is 1. The fourth-order valence-corrected chi connectivity index (χ4v) is 3.53. The number of aryl methyl sites for hydroxylation is 2. The maximum atomic E-state index is 13.0. The SMILES string of the molecule is Cc1cc(C)cc(C(=O)NCC(=O)OC(C)C(=O)N2CC(=O)Nc3cc(C(F)(F)F)ccc32)c1. The molecule has 0 saturated carbocycles. The molecule has 0 spiro atoms. The maximum Gasteiger partial charge on any atom is 0.416 e. The number of fused-ring (bicyclic) bond motifs is 1. The molecular weight excluding hydrogens is 455 g/mol. The summed E-state index contributed by atoms with van der Waals surface area (Å²) in [5.41, 5.74) is 0.992. The Balaban J connectivity index is 1.64. The Morgan fingerprint density at radius 1 is 1.12 bits per heavy atom. The molecule has 3 rings (SSSR count). The molecule has 1 unspecified atom stereocenters. The van der Waals surface area contributed by atoms with E-state index in [0.29, 0.717) is 5.56 Å². The van der Waals surface area contributed by atoms with Crippen molar-refractivity contribution < 1.29 is 37.1 Å². The third-order valence-electron chi connectivity index (χ3n) is 4.99. The van der Waals surface area contributed by atoms with Crippen molar-refractivity contribution in [1.82, 2.24) is 5.32 Å². The van der Waals surface area contributed by atoms with Gasteiger partial charge in [0.15, 0.2) is 6.10 Å². The van der Waals surface area contributed by atoms with Gasteiger partial charge >= 0.3 is 12.1 Å². The van der Waals surface area contributed by atoms with E-state index in [4.69, 9.17) is 4.74 Å². The molecule has 2 aromatic carbocycles. The van der Waals surface area contributed by atoms with Crippen LogP contribution in [0.1, 0.15) is 34.0 Å². The predicted octanol–water partition coefficient (Wildman–Crippen LogP) is 2.97. The molecule has 180 valence electrons. The molecule has 1 atom stereocenters. The van der Waals surface area contributed by atoms with Gasteiger partial charge in [-0.3, -0.25) is 24.1 Å². The van der Waals surface area contributed by atoms with Gasteiger partial charge in [0, 0.05) is 5.56 Å². The van der Waals surface area contributed by atoms with E-state index in [1.54, 1.807) is 12.1 Å². The summed E-state index contributed by atoms with van der Waals surface area (Å²) >= 11 is 0. The molecule has 0 fully saturated rings. The second kappa shape index (κ2) is 9.54. The summed E-state index contributed by atoms with van der Waals surface area (Å²) in [4.78, 5) is 50.2. The Hall–Kier alpha value is -3.89. The van der Waals surface area contributed by atoms with Crippen LogP contribution >= 0.6 is 0 Å². The normalized spacial score (nSPS) is 14.1. The number of alkyl halides is 3. The molecule has 0 aromatic heterocycles. The third-order valence-corrected chi connectivity index (χ3v) is 4.99. The number of carbonyl (C=O) groups excluding carboxylic acids is 4. The molecule has 1 aliphatic rings. The fraction of sp³-hybridized carbons (Fsp3) is 0.304. The Labute approximate surface area is 193 Å². The van der Waals surface area contributed by atoms with Gasteiger partial charge in [-0.05, 0) is 51.1 Å². The number of ether oxygens (including phenoxy) is 1. The number of anilines is 2. The lowest BCUT2D eigenvalue weighted by molar-refractivity contribution is -0.152. The number of rotatable bonds is 5. The lowest BCUT2D eigenvalue weighted by atomic mass is 10.1. The number of amides is 3. The number of benzene rings is 2. The first-order chi connectivity index (χ1) is 15.8. The number of hydrogen-bond acceptors (Lipinski definition) is 5. The minimum Gasteiger partial charge on any atom is -0.451 e. The Bertz CT molecular complexity index is 1140. The summed E-state index contributed by atoms with van der Waals surface area (Å²) in [5.74, 6) is -2.89. The van der Waals surface area contributed by atoms with Crippen LogP contribution in [0, 0.1) is 13.8 Å². The standard InChI is InChI=1S/C23H22F3N3O5/c1-12-6-13(2)8-15(7-12)21(32)27-10-20(31)34-14(3)22(33)29-11-19(30)28-17-9-16(23(24,25)26)4-5-18(17)29/h4-9,14H,10-11H2,1-3H3,(H,27,32)(H,28,30). The van der Waals surface area contributed by atoms with E-state index in [1.807, 2.05) is 19.9 Å². The molecule has 0 bridgehead atoms. The molecule has 0 aliphatic carbocycles. The zero-order valence-corrected chi connectivity index (χ0v) is 18.6. The molecule has 8 nitrogen and oxygen atoms in total. The van der Waals surface area contributed by atoms with Gasteiger partial charge in [-0.1, -0.05) is 17.2 Å². The van der Waals surface area contributed by atoms with Crippen LogP contribution in [-0.4, -0.2) is 42.9 Å². The summed E-state index contributed by atoms with van der Waals surface area (Å²) < 4.78 is 44.0. The van der Waals surface area contributed by atoms with E-state index in [2.05, 4.69) is 10.6 Å². The Kier molecular flexibility index (Phi) is 6.94. The zero-order valence-electron chi connectivity index (χ0n) is 18.6. The smallest absolute Gasteiger partial charge is 0.416 e. The van der Waals surface area contributed by atoms with Crippen molar-refractivity contribution in [3.63, 3.8) is 0 Å². The Morgan fingerprint density at radius 3 is 2.38 bits per heavy atom. The van der Waals surface area contributed by atoms with Crippen molar-refractivity contribution in [3.8, 4) is 0 Å². The lowest BCUT2D eigenvalue weighted by Crippen LogP contribution is -2.47. The zero-order chi connectivity index (χ0) is 25.2. The van der Waals surface area contributed by atoms with Crippen LogP contribution < -0.4 is 15.5 Å². The van der Waals surface area contributed by atoms with Crippen molar-refractivity contribution >= 4 is 35.1 Å². The van der Waals surface area contributed by atoms with E-state index < -0.39 is 54.6 Å². The van der Waals surface area contributed by atoms with Crippen LogP contribution in [0.4, 0.5) is 24.5 Å². The molecule has 0 radical (unpaired) electrons. The van der Waals surface area contributed by atoms with Gasteiger partial charge in [-0.25, -0.2) is 0 Å². The van der Waals surface area contributed by atoms with E-state index in [1.165, 1.54) is 6.92 Å². The number of halogens is 3. The number of hydrogen-bond donors (Lipinski definition) is 2. The van der Waals surface area contributed by atoms with E-state index in [9.17, 15) is 32.3 Å². The van der Waals surface area contributed by atoms with E-state index in [-0.39, 0.29) is 11.4 Å². The predicted molar refractivity (Wildman–Crippen MR) is 116 cm³/mol. The minimum absolute atomic E-state index is 0.0450. The van der Waals surface area contributed by atoms with Crippen LogP contribution in [0.3, 0.4) is 0 Å². The molecule has 1 aliphatic heterocycles. The molecule has 11 heteroatoms. The molecule has 2 N–H and O–H groups in total. The highest BCUT2D eigenvalue weighted by atomic mass is 19.4. The van der Waals surface area contributed by atoms with Crippen molar-refractivity contribution in [3.05, 3.63) is 58.7 Å². The van der Waals surface area contributed by atoms with Crippen LogP contribution in [0.5, 0.6) is 0 Å². The lowest BCUT2D eigenvalue weighted by Gasteiger charge is -2.31. The van der Waals surface area contributed by atoms with Crippen LogP contribution in [-0.2, 0) is 25.3 Å². The average Bonchev–Trinajstić information content (AvgIpc) is 2.74. The summed E-state index contributed by atoms with van der Waals surface area (Å²) in [6.45, 7) is 3.96. The first kappa shape index (κ1) is 24.7. The van der Waals surface area contributed by atoms with Crippen LogP contribution in [0.2, 0.25) is 0 Å². The van der Waals surface area contributed by atoms with Gasteiger partial charge in [-0.2, -0.15) is 13.2 Å². The van der Waals surface area contributed by atoms with Gasteiger partial charge in [0.1, 0.15) is 13.1 Å². The second-order valence-electron chi connectivity index (χ2n) is 7.89. The molecular formula is C23H22F3N3O5. The third kappa shape index (κ3) is 5.72. The fourth-order valence-electron chi connectivity index (χ4n) is 3.53. The summed E-state index contributed by atoms with van der Waals surface area (Å²) in [5, 5.41) is 4.72. The van der Waals surface area contributed by atoms with E-state index >= 15 is 0 Å². The summed E-state index contributed by atoms with van der Waals surface area (Å²) in [6.07, 6.45) is -5.98. The number of esters is 1. The van der Waals surface area contributed by atoms with Gasteiger partial charge in [-0.15, -0.1) is 0 Å². The largest absolute Gasteiger partial charge is 0.451 e. The average molecular weight is 477 g/mol. The highest BCUT2D eigenvalue weighted by Crippen LogP contribution is 2.37. The van der Waals surface area contributed by atoms with Gasteiger partial charge in [0.05, 0.1) is 16.9 Å².